The highest BCUT2D eigenvalue weighted by Gasteiger charge is 2.13. The van der Waals surface area contributed by atoms with E-state index < -0.39 is 0 Å². The molecule has 1 aromatic heterocycles. The third-order valence-electron chi connectivity index (χ3n) is 2.98. The van der Waals surface area contributed by atoms with Crippen molar-refractivity contribution in [3.8, 4) is 11.8 Å². The molecule has 0 bridgehead atoms. The molecule has 1 aromatic carbocycles. The number of hydrogen-bond acceptors (Lipinski definition) is 3. The van der Waals surface area contributed by atoms with Crippen LogP contribution in [0.2, 0.25) is 0 Å². The average molecular weight is 282 g/mol. The number of anilines is 1. The summed E-state index contributed by atoms with van der Waals surface area (Å²) >= 11 is 0. The molecule has 0 unspecified atom stereocenters. The Morgan fingerprint density at radius 2 is 2.14 bits per heavy atom. The van der Waals surface area contributed by atoms with Crippen LogP contribution < -0.4 is 11.1 Å². The monoisotopic (exact) mass is 282 g/mol. The van der Waals surface area contributed by atoms with Gasteiger partial charge in [0.05, 0.1) is 17.9 Å². The zero-order valence-electron chi connectivity index (χ0n) is 12.4. The predicted molar refractivity (Wildman–Crippen MR) is 83.0 cm³/mol. The highest BCUT2D eigenvalue weighted by Crippen LogP contribution is 2.17. The van der Waals surface area contributed by atoms with Gasteiger partial charge in [-0.05, 0) is 37.6 Å². The van der Waals surface area contributed by atoms with Crippen LogP contribution >= 0.6 is 0 Å². The second-order valence-corrected chi connectivity index (χ2v) is 4.80. The van der Waals surface area contributed by atoms with Crippen molar-refractivity contribution in [1.29, 1.82) is 0 Å². The lowest BCUT2D eigenvalue weighted by atomic mass is 10.1. The van der Waals surface area contributed by atoms with Crippen molar-refractivity contribution >= 4 is 11.6 Å². The van der Waals surface area contributed by atoms with E-state index in [0.717, 1.165) is 16.8 Å². The number of hydrogen-bond donors (Lipinski definition) is 2. The summed E-state index contributed by atoms with van der Waals surface area (Å²) < 4.78 is 1.56. The Morgan fingerprint density at radius 3 is 2.76 bits per heavy atom. The lowest BCUT2D eigenvalue weighted by Crippen LogP contribution is -2.16. The van der Waals surface area contributed by atoms with Crippen molar-refractivity contribution in [3.05, 3.63) is 46.8 Å². The summed E-state index contributed by atoms with van der Waals surface area (Å²) in [6.07, 6.45) is 0. The van der Waals surface area contributed by atoms with E-state index in [4.69, 9.17) is 5.73 Å². The van der Waals surface area contributed by atoms with Crippen LogP contribution in [0.1, 0.15) is 27.3 Å². The van der Waals surface area contributed by atoms with Gasteiger partial charge in [-0.3, -0.25) is 9.48 Å². The Bertz CT molecular complexity index is 734. The number of carbonyl (C=O) groups excluding carboxylic acids is 1. The molecule has 0 aliphatic heterocycles. The SMILES string of the molecule is Cc1ccc(NC(=O)c2cc(C)nn2C)c(C#CCN)c1. The molecule has 0 aliphatic rings. The summed E-state index contributed by atoms with van der Waals surface area (Å²) in [7, 11) is 1.74. The van der Waals surface area contributed by atoms with Gasteiger partial charge in [0.1, 0.15) is 5.69 Å². The first-order chi connectivity index (χ1) is 10.0. The van der Waals surface area contributed by atoms with Crippen LogP contribution in [0.3, 0.4) is 0 Å². The van der Waals surface area contributed by atoms with Gasteiger partial charge in [0.2, 0.25) is 0 Å². The molecule has 5 nitrogen and oxygen atoms in total. The summed E-state index contributed by atoms with van der Waals surface area (Å²) in [5.41, 5.74) is 9.22. The minimum absolute atomic E-state index is 0.210. The fourth-order valence-corrected chi connectivity index (χ4v) is 2.03. The highest BCUT2D eigenvalue weighted by molar-refractivity contribution is 6.03. The largest absolute Gasteiger partial charge is 0.320 e. The Morgan fingerprint density at radius 1 is 1.38 bits per heavy atom. The zero-order valence-corrected chi connectivity index (χ0v) is 12.4. The van der Waals surface area contributed by atoms with Crippen LogP contribution in [0, 0.1) is 25.7 Å². The average Bonchev–Trinajstić information content (AvgIpc) is 2.78. The van der Waals surface area contributed by atoms with E-state index >= 15 is 0 Å². The van der Waals surface area contributed by atoms with Gasteiger partial charge in [0.25, 0.3) is 5.91 Å². The van der Waals surface area contributed by atoms with Crippen molar-refractivity contribution in [1.82, 2.24) is 9.78 Å². The van der Waals surface area contributed by atoms with Gasteiger partial charge in [-0.2, -0.15) is 5.10 Å². The number of nitrogens with two attached hydrogens (primary N) is 1. The van der Waals surface area contributed by atoms with Gasteiger partial charge in [-0.25, -0.2) is 0 Å². The maximum atomic E-state index is 12.3. The van der Waals surface area contributed by atoms with E-state index in [9.17, 15) is 4.79 Å². The highest BCUT2D eigenvalue weighted by atomic mass is 16.2. The molecule has 0 radical (unpaired) electrons. The molecular weight excluding hydrogens is 264 g/mol. The third kappa shape index (κ3) is 3.50. The lowest BCUT2D eigenvalue weighted by molar-refractivity contribution is 0.101. The van der Waals surface area contributed by atoms with Gasteiger partial charge >= 0.3 is 0 Å². The number of aryl methyl sites for hydroxylation is 3. The molecule has 21 heavy (non-hydrogen) atoms. The maximum absolute atomic E-state index is 12.3. The second-order valence-electron chi connectivity index (χ2n) is 4.80. The quantitative estimate of drug-likeness (QED) is 0.822. The molecule has 0 saturated heterocycles. The van der Waals surface area contributed by atoms with Gasteiger partial charge in [-0.15, -0.1) is 0 Å². The van der Waals surface area contributed by atoms with Crippen molar-refractivity contribution < 1.29 is 4.79 Å². The number of nitrogens with zero attached hydrogens (tertiary/aromatic N) is 2. The summed E-state index contributed by atoms with van der Waals surface area (Å²) in [5, 5.41) is 7.05. The summed E-state index contributed by atoms with van der Waals surface area (Å²) in [6.45, 7) is 4.10. The molecule has 0 fully saturated rings. The lowest BCUT2D eigenvalue weighted by Gasteiger charge is -2.08. The molecule has 5 heteroatoms. The van der Waals surface area contributed by atoms with Crippen LogP contribution in [0.5, 0.6) is 0 Å². The second kappa shape index (κ2) is 6.25. The topological polar surface area (TPSA) is 72.9 Å². The molecule has 0 aliphatic carbocycles. The minimum atomic E-state index is -0.210. The molecule has 108 valence electrons. The molecule has 1 amide bonds. The Hall–Kier alpha value is -2.58. The summed E-state index contributed by atoms with van der Waals surface area (Å²) in [5.74, 6) is 5.58. The van der Waals surface area contributed by atoms with E-state index in [1.807, 2.05) is 32.0 Å². The van der Waals surface area contributed by atoms with Gasteiger partial charge < -0.3 is 11.1 Å². The van der Waals surface area contributed by atoms with Crippen molar-refractivity contribution in [3.63, 3.8) is 0 Å². The number of nitrogens with one attached hydrogen (secondary N) is 1. The Labute approximate surface area is 124 Å². The van der Waals surface area contributed by atoms with E-state index in [-0.39, 0.29) is 12.5 Å². The number of amides is 1. The number of rotatable bonds is 2. The summed E-state index contributed by atoms with van der Waals surface area (Å²) in [4.78, 5) is 12.3. The number of benzene rings is 1. The third-order valence-corrected chi connectivity index (χ3v) is 2.98. The molecule has 1 heterocycles. The molecular formula is C16H18N4O. The van der Waals surface area contributed by atoms with E-state index in [0.29, 0.717) is 11.4 Å². The normalized spacial score (nSPS) is 9.90. The molecule has 2 aromatic rings. The van der Waals surface area contributed by atoms with Crippen LogP contribution in [-0.4, -0.2) is 22.2 Å². The van der Waals surface area contributed by atoms with E-state index in [1.54, 1.807) is 17.8 Å². The first-order valence-corrected chi connectivity index (χ1v) is 6.63. The molecule has 3 N–H and O–H groups in total. The van der Waals surface area contributed by atoms with Gasteiger partial charge in [0.15, 0.2) is 0 Å². The molecule has 0 spiro atoms. The minimum Gasteiger partial charge on any atom is -0.320 e. The van der Waals surface area contributed by atoms with Gasteiger partial charge in [-0.1, -0.05) is 17.9 Å². The van der Waals surface area contributed by atoms with Crippen LogP contribution in [0.15, 0.2) is 24.3 Å². The van der Waals surface area contributed by atoms with Gasteiger partial charge in [0, 0.05) is 12.6 Å². The molecule has 0 atom stereocenters. The fraction of sp³-hybridized carbons (Fsp3) is 0.250. The van der Waals surface area contributed by atoms with Crippen LogP contribution in [-0.2, 0) is 7.05 Å². The predicted octanol–water partition coefficient (Wildman–Crippen LogP) is 1.60. The number of aromatic nitrogens is 2. The van der Waals surface area contributed by atoms with Crippen LogP contribution in [0.4, 0.5) is 5.69 Å². The Kier molecular flexibility index (Phi) is 4.41. The van der Waals surface area contributed by atoms with Crippen molar-refractivity contribution in [2.45, 2.75) is 13.8 Å². The Balaban J connectivity index is 2.31. The van der Waals surface area contributed by atoms with Crippen molar-refractivity contribution in [2.24, 2.45) is 12.8 Å². The smallest absolute Gasteiger partial charge is 0.273 e. The number of carbonyl (C=O) groups is 1. The maximum Gasteiger partial charge on any atom is 0.273 e. The summed E-state index contributed by atoms with van der Waals surface area (Å²) in [6, 6.07) is 7.44. The zero-order chi connectivity index (χ0) is 15.4. The van der Waals surface area contributed by atoms with Crippen LogP contribution in [0.25, 0.3) is 0 Å². The standard InChI is InChI=1S/C16H18N4O/c1-11-6-7-14(13(9-11)5-4-8-17)18-16(21)15-10-12(2)19-20(15)3/h6-7,9-10H,8,17H2,1-3H3,(H,18,21). The molecule has 2 rings (SSSR count). The molecule has 0 saturated carbocycles. The fourth-order valence-electron chi connectivity index (χ4n) is 2.03. The first-order valence-electron chi connectivity index (χ1n) is 6.63. The van der Waals surface area contributed by atoms with E-state index in [2.05, 4.69) is 22.3 Å². The van der Waals surface area contributed by atoms with E-state index in [1.165, 1.54) is 0 Å². The first kappa shape index (κ1) is 14.8. The van der Waals surface area contributed by atoms with Crippen molar-refractivity contribution in [2.75, 3.05) is 11.9 Å².